The molecule has 0 saturated heterocycles. The summed E-state index contributed by atoms with van der Waals surface area (Å²) < 4.78 is 26.9. The number of rotatable bonds is 7. The number of ether oxygens (including phenoxy) is 3. The zero-order valence-corrected chi connectivity index (χ0v) is 14.9. The summed E-state index contributed by atoms with van der Waals surface area (Å²) >= 11 is 1.31. The van der Waals surface area contributed by atoms with E-state index in [2.05, 4.69) is 20.4 Å². The van der Waals surface area contributed by atoms with E-state index in [9.17, 15) is 0 Å². The molecule has 9 nitrogen and oxygen atoms in total. The van der Waals surface area contributed by atoms with Crippen molar-refractivity contribution in [2.75, 3.05) is 21.3 Å². The topological polar surface area (TPSA) is 106 Å². The Labute approximate surface area is 147 Å². The van der Waals surface area contributed by atoms with E-state index in [1.165, 1.54) is 11.8 Å². The first-order valence-corrected chi connectivity index (χ1v) is 8.18. The highest BCUT2D eigenvalue weighted by Gasteiger charge is 2.18. The van der Waals surface area contributed by atoms with Gasteiger partial charge in [0.25, 0.3) is 5.22 Å². The van der Waals surface area contributed by atoms with E-state index in [1.54, 1.807) is 40.4 Å². The predicted molar refractivity (Wildman–Crippen MR) is 88.0 cm³/mol. The lowest BCUT2D eigenvalue weighted by atomic mass is 10.2. The molecule has 0 aliphatic heterocycles. The molecule has 132 valence electrons. The number of hydrogen-bond acceptors (Lipinski definition) is 10. The van der Waals surface area contributed by atoms with Crippen molar-refractivity contribution in [1.82, 2.24) is 20.4 Å². The highest BCUT2D eigenvalue weighted by atomic mass is 32.2. The molecule has 0 aliphatic rings. The van der Waals surface area contributed by atoms with Crippen molar-refractivity contribution in [1.29, 1.82) is 0 Å². The first-order chi connectivity index (χ1) is 12.1. The van der Waals surface area contributed by atoms with Crippen LogP contribution < -0.4 is 14.2 Å². The standard InChI is InChI=1S/C15H16N4O5S/c1-8-16-17-12(23-8)7-25-15-19-18-14(24-15)9-5-10(20-2)13(22-4)11(6-9)21-3/h5-6H,7H2,1-4H3. The molecular formula is C15H16N4O5S. The van der Waals surface area contributed by atoms with Gasteiger partial charge in [-0.15, -0.1) is 20.4 Å². The summed E-state index contributed by atoms with van der Waals surface area (Å²) in [6, 6.07) is 3.48. The minimum absolute atomic E-state index is 0.337. The van der Waals surface area contributed by atoms with Crippen LogP contribution in [0.1, 0.15) is 11.8 Å². The van der Waals surface area contributed by atoms with Gasteiger partial charge in [-0.25, -0.2) is 0 Å². The van der Waals surface area contributed by atoms with Crippen molar-refractivity contribution in [3.05, 3.63) is 23.9 Å². The molecule has 0 N–H and O–H groups in total. The van der Waals surface area contributed by atoms with E-state index < -0.39 is 0 Å². The van der Waals surface area contributed by atoms with Crippen molar-refractivity contribution in [2.24, 2.45) is 0 Å². The first-order valence-electron chi connectivity index (χ1n) is 7.20. The van der Waals surface area contributed by atoms with Gasteiger partial charge in [0, 0.05) is 12.5 Å². The first kappa shape index (κ1) is 17.1. The smallest absolute Gasteiger partial charge is 0.277 e. The van der Waals surface area contributed by atoms with Crippen LogP contribution in [0.5, 0.6) is 17.2 Å². The zero-order valence-electron chi connectivity index (χ0n) is 14.1. The SMILES string of the molecule is COc1cc(-c2nnc(SCc3nnc(C)o3)o2)cc(OC)c1OC. The van der Waals surface area contributed by atoms with Crippen molar-refractivity contribution in [2.45, 2.75) is 17.9 Å². The van der Waals surface area contributed by atoms with Gasteiger partial charge in [-0.2, -0.15) is 0 Å². The molecule has 0 aliphatic carbocycles. The van der Waals surface area contributed by atoms with Gasteiger partial charge >= 0.3 is 0 Å². The average Bonchev–Trinajstić information content (AvgIpc) is 3.27. The monoisotopic (exact) mass is 364 g/mol. The summed E-state index contributed by atoms with van der Waals surface area (Å²) in [4.78, 5) is 0. The molecule has 1 aromatic carbocycles. The third-order valence-corrected chi connectivity index (χ3v) is 4.01. The van der Waals surface area contributed by atoms with E-state index in [4.69, 9.17) is 23.0 Å². The number of nitrogens with zero attached hydrogens (tertiary/aromatic N) is 4. The molecule has 0 spiro atoms. The number of aryl methyl sites for hydroxylation is 1. The molecule has 0 amide bonds. The van der Waals surface area contributed by atoms with E-state index in [1.807, 2.05) is 0 Å². The van der Waals surface area contributed by atoms with Gasteiger partial charge < -0.3 is 23.0 Å². The maximum absolute atomic E-state index is 5.67. The number of thioether (sulfide) groups is 1. The Morgan fingerprint density at radius 2 is 1.64 bits per heavy atom. The summed E-state index contributed by atoms with van der Waals surface area (Å²) in [5.41, 5.74) is 0.655. The maximum Gasteiger partial charge on any atom is 0.277 e. The van der Waals surface area contributed by atoms with E-state index in [-0.39, 0.29) is 0 Å². The number of aromatic nitrogens is 4. The second kappa shape index (κ2) is 7.43. The molecule has 10 heteroatoms. The lowest BCUT2D eigenvalue weighted by Gasteiger charge is -2.12. The third kappa shape index (κ3) is 3.68. The van der Waals surface area contributed by atoms with Crippen molar-refractivity contribution in [3.8, 4) is 28.7 Å². The second-order valence-corrected chi connectivity index (χ2v) is 5.72. The van der Waals surface area contributed by atoms with Gasteiger partial charge in [-0.1, -0.05) is 11.8 Å². The third-order valence-electron chi connectivity index (χ3n) is 3.21. The van der Waals surface area contributed by atoms with Crippen LogP contribution in [0.3, 0.4) is 0 Å². The fourth-order valence-corrected chi connectivity index (χ4v) is 2.71. The fraction of sp³-hybridized carbons (Fsp3) is 0.333. The Hall–Kier alpha value is -2.75. The molecule has 0 atom stereocenters. The van der Waals surface area contributed by atoms with Crippen molar-refractivity contribution < 1.29 is 23.0 Å². The van der Waals surface area contributed by atoms with Crippen LogP contribution in [0.2, 0.25) is 0 Å². The highest BCUT2D eigenvalue weighted by Crippen LogP contribution is 2.41. The Kier molecular flexibility index (Phi) is 5.08. The molecule has 0 radical (unpaired) electrons. The van der Waals surface area contributed by atoms with Crippen LogP contribution >= 0.6 is 11.8 Å². The van der Waals surface area contributed by atoms with Crippen LogP contribution in [-0.2, 0) is 5.75 Å². The lowest BCUT2D eigenvalue weighted by molar-refractivity contribution is 0.324. The molecule has 0 saturated carbocycles. The van der Waals surface area contributed by atoms with Crippen LogP contribution in [0.25, 0.3) is 11.5 Å². The van der Waals surface area contributed by atoms with Gasteiger partial charge in [0.1, 0.15) is 0 Å². The van der Waals surface area contributed by atoms with Gasteiger partial charge in [0.05, 0.1) is 27.1 Å². The lowest BCUT2D eigenvalue weighted by Crippen LogP contribution is -1.95. The Balaban J connectivity index is 1.81. The quantitative estimate of drug-likeness (QED) is 0.581. The van der Waals surface area contributed by atoms with E-state index >= 15 is 0 Å². The van der Waals surface area contributed by atoms with Crippen LogP contribution in [0.4, 0.5) is 0 Å². The molecule has 0 fully saturated rings. The van der Waals surface area contributed by atoms with Gasteiger partial charge in [0.2, 0.25) is 23.4 Å². The van der Waals surface area contributed by atoms with Gasteiger partial charge in [-0.05, 0) is 12.1 Å². The molecule has 0 unspecified atom stereocenters. The summed E-state index contributed by atoms with van der Waals surface area (Å²) in [7, 11) is 4.63. The molecular weight excluding hydrogens is 348 g/mol. The maximum atomic E-state index is 5.67. The zero-order chi connectivity index (χ0) is 17.8. The van der Waals surface area contributed by atoms with E-state index in [0.29, 0.717) is 51.5 Å². The molecule has 2 heterocycles. The van der Waals surface area contributed by atoms with Crippen LogP contribution in [0.15, 0.2) is 26.2 Å². The second-order valence-electron chi connectivity index (χ2n) is 4.79. The van der Waals surface area contributed by atoms with Crippen molar-refractivity contribution in [3.63, 3.8) is 0 Å². The Morgan fingerprint density at radius 1 is 0.920 bits per heavy atom. The predicted octanol–water partition coefficient (Wildman–Crippen LogP) is 2.75. The Bertz CT molecular complexity index is 838. The molecule has 3 rings (SSSR count). The fourth-order valence-electron chi connectivity index (χ4n) is 2.11. The average molecular weight is 364 g/mol. The normalized spacial score (nSPS) is 10.7. The van der Waals surface area contributed by atoms with E-state index in [0.717, 1.165) is 0 Å². The van der Waals surface area contributed by atoms with Gasteiger partial charge in [-0.3, -0.25) is 0 Å². The van der Waals surface area contributed by atoms with Crippen LogP contribution in [-0.4, -0.2) is 41.7 Å². The number of benzene rings is 1. The Morgan fingerprint density at radius 3 is 2.20 bits per heavy atom. The number of hydrogen-bond donors (Lipinski definition) is 0. The summed E-state index contributed by atoms with van der Waals surface area (Å²) in [6.07, 6.45) is 0. The minimum atomic E-state index is 0.337. The highest BCUT2D eigenvalue weighted by molar-refractivity contribution is 7.98. The summed E-state index contributed by atoms with van der Waals surface area (Å²) in [5.74, 6) is 3.29. The molecule has 25 heavy (non-hydrogen) atoms. The van der Waals surface area contributed by atoms with Crippen LogP contribution in [0, 0.1) is 6.92 Å². The molecule has 0 bridgehead atoms. The van der Waals surface area contributed by atoms with Gasteiger partial charge in [0.15, 0.2) is 11.5 Å². The largest absolute Gasteiger partial charge is 0.493 e. The summed E-state index contributed by atoms with van der Waals surface area (Å²) in [6.45, 7) is 1.73. The summed E-state index contributed by atoms with van der Waals surface area (Å²) in [5, 5.41) is 16.1. The minimum Gasteiger partial charge on any atom is -0.493 e. The number of methoxy groups -OCH3 is 3. The molecule has 3 aromatic rings. The van der Waals surface area contributed by atoms with Crippen molar-refractivity contribution >= 4 is 11.8 Å². The molecule has 2 aromatic heterocycles.